The number of carbonyl (C=O) groups is 2. The van der Waals surface area contributed by atoms with Crippen molar-refractivity contribution in [2.24, 2.45) is 5.92 Å². The molecule has 1 atom stereocenters. The van der Waals surface area contributed by atoms with Crippen LogP contribution in [0.4, 0.5) is 4.39 Å². The van der Waals surface area contributed by atoms with Crippen LogP contribution in [0.25, 0.3) is 11.3 Å². The number of carbonyl (C=O) groups excluding carboxylic acids is 2. The minimum absolute atomic E-state index is 0.120. The van der Waals surface area contributed by atoms with Crippen molar-refractivity contribution in [1.82, 2.24) is 20.5 Å². The summed E-state index contributed by atoms with van der Waals surface area (Å²) in [5, 5.41) is 6.43. The van der Waals surface area contributed by atoms with Crippen LogP contribution in [0.1, 0.15) is 49.4 Å². The molecule has 7 heteroatoms. The highest BCUT2D eigenvalue weighted by Gasteiger charge is 2.28. The lowest BCUT2D eigenvalue weighted by Crippen LogP contribution is -2.52. The molecule has 1 aliphatic carbocycles. The van der Waals surface area contributed by atoms with E-state index in [4.69, 9.17) is 0 Å². The molecule has 2 N–H and O–H groups in total. The molecule has 0 spiro atoms. The standard InChI is InChI=1S/C25H31FN4O2/c1-17-15-27-11-12-30(17)24(31)13-18-5-8-22(9-6-18)29-25(32)20-7-10-23(28-16-20)19-3-2-4-21(26)14-19/h2-4,7,10,14,16-18,22,27H,5-6,8-9,11-13,15H2,1H3,(H,29,32)/t17?,18-,22+. The Labute approximate surface area is 188 Å². The molecular weight excluding hydrogens is 407 g/mol. The molecule has 2 aromatic rings. The molecule has 170 valence electrons. The van der Waals surface area contributed by atoms with Gasteiger partial charge in [-0.25, -0.2) is 4.39 Å². The van der Waals surface area contributed by atoms with Gasteiger partial charge < -0.3 is 15.5 Å². The van der Waals surface area contributed by atoms with Crippen molar-refractivity contribution in [2.75, 3.05) is 19.6 Å². The van der Waals surface area contributed by atoms with Crippen molar-refractivity contribution >= 4 is 11.8 Å². The fourth-order valence-electron chi connectivity index (χ4n) is 4.70. The minimum Gasteiger partial charge on any atom is -0.349 e. The summed E-state index contributed by atoms with van der Waals surface area (Å²) in [4.78, 5) is 31.6. The summed E-state index contributed by atoms with van der Waals surface area (Å²) in [6, 6.07) is 10.1. The molecule has 1 saturated carbocycles. The molecule has 0 bridgehead atoms. The van der Waals surface area contributed by atoms with Gasteiger partial charge in [0.1, 0.15) is 5.82 Å². The van der Waals surface area contributed by atoms with E-state index in [2.05, 4.69) is 22.5 Å². The average Bonchev–Trinajstić information content (AvgIpc) is 2.80. The lowest BCUT2D eigenvalue weighted by atomic mass is 9.83. The van der Waals surface area contributed by atoms with Gasteiger partial charge in [-0.05, 0) is 62.8 Å². The summed E-state index contributed by atoms with van der Waals surface area (Å²) in [5.41, 5.74) is 1.81. The van der Waals surface area contributed by atoms with Gasteiger partial charge in [-0.1, -0.05) is 12.1 Å². The maximum absolute atomic E-state index is 13.4. The van der Waals surface area contributed by atoms with Crippen LogP contribution in [0.15, 0.2) is 42.6 Å². The van der Waals surface area contributed by atoms with Crippen LogP contribution in [-0.4, -0.2) is 53.4 Å². The first kappa shape index (κ1) is 22.4. The Balaban J connectivity index is 1.25. The monoisotopic (exact) mass is 438 g/mol. The highest BCUT2D eigenvalue weighted by atomic mass is 19.1. The van der Waals surface area contributed by atoms with Crippen LogP contribution in [0, 0.1) is 11.7 Å². The second-order valence-corrected chi connectivity index (χ2v) is 8.98. The lowest BCUT2D eigenvalue weighted by molar-refractivity contribution is -0.135. The van der Waals surface area contributed by atoms with Crippen LogP contribution in [0.5, 0.6) is 0 Å². The van der Waals surface area contributed by atoms with Crippen molar-refractivity contribution in [1.29, 1.82) is 0 Å². The summed E-state index contributed by atoms with van der Waals surface area (Å²) >= 11 is 0. The largest absolute Gasteiger partial charge is 0.349 e. The number of halogens is 1. The Hall–Kier alpha value is -2.80. The lowest BCUT2D eigenvalue weighted by Gasteiger charge is -2.36. The Kier molecular flexibility index (Phi) is 7.15. The number of piperazine rings is 1. The molecule has 1 aromatic heterocycles. The smallest absolute Gasteiger partial charge is 0.253 e. The number of aromatic nitrogens is 1. The van der Waals surface area contributed by atoms with Crippen LogP contribution >= 0.6 is 0 Å². The van der Waals surface area contributed by atoms with Gasteiger partial charge >= 0.3 is 0 Å². The van der Waals surface area contributed by atoms with Gasteiger partial charge in [0.25, 0.3) is 5.91 Å². The van der Waals surface area contributed by atoms with Gasteiger partial charge in [0, 0.05) is 49.9 Å². The fourth-order valence-corrected chi connectivity index (χ4v) is 4.70. The molecular formula is C25H31FN4O2. The minimum atomic E-state index is -0.314. The predicted molar refractivity (Wildman–Crippen MR) is 122 cm³/mol. The molecule has 0 radical (unpaired) electrons. The third-order valence-electron chi connectivity index (χ3n) is 6.61. The zero-order chi connectivity index (χ0) is 22.5. The molecule has 4 rings (SSSR count). The third-order valence-corrected chi connectivity index (χ3v) is 6.61. The van der Waals surface area contributed by atoms with Gasteiger partial charge in [-0.15, -0.1) is 0 Å². The SMILES string of the molecule is CC1CNCCN1C(=O)C[C@H]1CC[C@@H](NC(=O)c2ccc(-c3cccc(F)c3)nc2)CC1. The number of nitrogens with zero attached hydrogens (tertiary/aromatic N) is 2. The summed E-state index contributed by atoms with van der Waals surface area (Å²) in [5.74, 6) is 0.198. The number of nitrogens with one attached hydrogen (secondary N) is 2. The summed E-state index contributed by atoms with van der Waals surface area (Å²) in [6.45, 7) is 4.61. The zero-order valence-corrected chi connectivity index (χ0v) is 18.5. The summed E-state index contributed by atoms with van der Waals surface area (Å²) < 4.78 is 13.4. The molecule has 32 heavy (non-hydrogen) atoms. The highest BCUT2D eigenvalue weighted by Crippen LogP contribution is 2.28. The Bertz CT molecular complexity index is 941. The van der Waals surface area contributed by atoms with Gasteiger partial charge in [-0.2, -0.15) is 0 Å². The van der Waals surface area contributed by atoms with Crippen LogP contribution in [-0.2, 0) is 4.79 Å². The third kappa shape index (κ3) is 5.51. The van der Waals surface area contributed by atoms with E-state index in [-0.39, 0.29) is 29.7 Å². The van der Waals surface area contributed by atoms with Crippen LogP contribution in [0.3, 0.4) is 0 Å². The Morgan fingerprint density at radius 1 is 1.19 bits per heavy atom. The maximum atomic E-state index is 13.4. The fraction of sp³-hybridized carbons (Fsp3) is 0.480. The summed E-state index contributed by atoms with van der Waals surface area (Å²) in [6.07, 6.45) is 5.82. The van der Waals surface area contributed by atoms with Crippen molar-refractivity contribution in [3.63, 3.8) is 0 Å². The van der Waals surface area contributed by atoms with Gasteiger partial charge in [0.05, 0.1) is 11.3 Å². The first-order chi connectivity index (χ1) is 15.5. The second kappa shape index (κ2) is 10.2. The van der Waals surface area contributed by atoms with E-state index >= 15 is 0 Å². The number of amides is 2. The van der Waals surface area contributed by atoms with E-state index in [9.17, 15) is 14.0 Å². The average molecular weight is 439 g/mol. The number of hydrogen-bond acceptors (Lipinski definition) is 4. The number of rotatable bonds is 5. The first-order valence-electron chi connectivity index (χ1n) is 11.5. The topological polar surface area (TPSA) is 74.3 Å². The van der Waals surface area contributed by atoms with Crippen molar-refractivity contribution in [3.05, 3.63) is 54.0 Å². The second-order valence-electron chi connectivity index (χ2n) is 8.98. The van der Waals surface area contributed by atoms with Gasteiger partial charge in [0.2, 0.25) is 5.91 Å². The molecule has 2 aliphatic rings. The molecule has 1 aliphatic heterocycles. The molecule has 1 unspecified atom stereocenters. The number of hydrogen-bond donors (Lipinski definition) is 2. The summed E-state index contributed by atoms with van der Waals surface area (Å²) in [7, 11) is 0. The molecule has 1 aromatic carbocycles. The highest BCUT2D eigenvalue weighted by molar-refractivity contribution is 5.94. The molecule has 6 nitrogen and oxygen atoms in total. The van der Waals surface area contributed by atoms with E-state index in [1.54, 1.807) is 24.3 Å². The van der Waals surface area contributed by atoms with E-state index in [0.717, 1.165) is 45.3 Å². The van der Waals surface area contributed by atoms with Crippen molar-refractivity contribution in [3.8, 4) is 11.3 Å². The van der Waals surface area contributed by atoms with E-state index in [1.807, 2.05) is 4.90 Å². The van der Waals surface area contributed by atoms with Crippen LogP contribution in [0.2, 0.25) is 0 Å². The molecule has 2 fully saturated rings. The molecule has 1 saturated heterocycles. The van der Waals surface area contributed by atoms with Crippen molar-refractivity contribution < 1.29 is 14.0 Å². The van der Waals surface area contributed by atoms with E-state index < -0.39 is 0 Å². The Morgan fingerprint density at radius 2 is 2.00 bits per heavy atom. The van der Waals surface area contributed by atoms with Crippen LogP contribution < -0.4 is 10.6 Å². The molecule has 2 heterocycles. The number of benzene rings is 1. The van der Waals surface area contributed by atoms with Crippen molar-refractivity contribution in [2.45, 2.75) is 51.1 Å². The molecule has 2 amide bonds. The maximum Gasteiger partial charge on any atom is 0.253 e. The van der Waals surface area contributed by atoms with E-state index in [0.29, 0.717) is 29.2 Å². The first-order valence-corrected chi connectivity index (χ1v) is 11.5. The quantitative estimate of drug-likeness (QED) is 0.751. The Morgan fingerprint density at radius 3 is 2.69 bits per heavy atom. The van der Waals surface area contributed by atoms with Gasteiger partial charge in [0.15, 0.2) is 0 Å². The zero-order valence-electron chi connectivity index (χ0n) is 18.5. The van der Waals surface area contributed by atoms with Gasteiger partial charge in [-0.3, -0.25) is 14.6 Å². The predicted octanol–water partition coefficient (Wildman–Crippen LogP) is 3.39. The normalized spacial score (nSPS) is 23.6. The number of pyridine rings is 1. The van der Waals surface area contributed by atoms with E-state index in [1.165, 1.54) is 18.3 Å².